The maximum absolute atomic E-state index is 15.1. The minimum atomic E-state index is -4.99. The molecule has 3 aromatic carbocycles. The number of phenolic OH excluding ortho intramolecular Hbond substituents is 1. The Labute approximate surface area is 247 Å². The van der Waals surface area contributed by atoms with Gasteiger partial charge in [0.15, 0.2) is 17.4 Å². The van der Waals surface area contributed by atoms with Crippen LogP contribution in [-0.4, -0.2) is 31.3 Å². The first-order chi connectivity index (χ1) is 20.5. The van der Waals surface area contributed by atoms with Crippen LogP contribution in [0.2, 0.25) is 0 Å². The molecule has 1 N–H and O–H groups in total. The minimum absolute atomic E-state index is 0.000702. The number of benzene rings is 3. The Morgan fingerprint density at radius 2 is 1.47 bits per heavy atom. The van der Waals surface area contributed by atoms with Crippen LogP contribution in [0.15, 0.2) is 60.7 Å². The number of Topliss-reactive ketones (excluding diaryl/α,β-unsaturated/α-hetero) is 1. The van der Waals surface area contributed by atoms with Crippen molar-refractivity contribution in [3.8, 4) is 16.9 Å². The van der Waals surface area contributed by atoms with E-state index in [9.17, 15) is 27.5 Å². The molecule has 1 aliphatic carbocycles. The first kappa shape index (κ1) is 32.3. The van der Waals surface area contributed by atoms with Gasteiger partial charge in [0.1, 0.15) is 11.3 Å². The van der Waals surface area contributed by atoms with Crippen LogP contribution >= 0.6 is 0 Å². The van der Waals surface area contributed by atoms with E-state index >= 15 is 8.78 Å². The summed E-state index contributed by atoms with van der Waals surface area (Å²) >= 11 is 0. The van der Waals surface area contributed by atoms with Gasteiger partial charge in [0, 0.05) is 24.7 Å². The summed E-state index contributed by atoms with van der Waals surface area (Å²) in [6.07, 6.45) is 0.261. The fraction of sp³-hybridized carbons (Fsp3) is 0.382. The third kappa shape index (κ3) is 7.68. The summed E-state index contributed by atoms with van der Waals surface area (Å²) in [5.41, 5.74) is -1.36. The second-order valence-electron chi connectivity index (χ2n) is 10.9. The maximum atomic E-state index is 15.1. The van der Waals surface area contributed by atoms with Crippen molar-refractivity contribution in [1.82, 2.24) is 0 Å². The Bertz CT molecular complexity index is 1420. The summed E-state index contributed by atoms with van der Waals surface area (Å²) in [6, 6.07) is 13.5. The van der Waals surface area contributed by atoms with Gasteiger partial charge in [-0.3, -0.25) is 9.18 Å². The summed E-state index contributed by atoms with van der Waals surface area (Å²) in [7, 11) is 1.34. The highest BCUT2D eigenvalue weighted by atomic mass is 19.4. The number of rotatable bonds is 11. The first-order valence-electron chi connectivity index (χ1n) is 14.3. The van der Waals surface area contributed by atoms with E-state index in [0.29, 0.717) is 18.3 Å². The number of ether oxygens (including phenoxy) is 1. The fourth-order valence-corrected chi connectivity index (χ4v) is 5.77. The Balaban J connectivity index is 1.53. The van der Waals surface area contributed by atoms with Gasteiger partial charge in [-0.2, -0.15) is 13.2 Å². The van der Waals surface area contributed by atoms with Crippen LogP contribution in [0.25, 0.3) is 22.8 Å². The number of alkyl halides is 4. The van der Waals surface area contributed by atoms with E-state index in [1.807, 2.05) is 0 Å². The van der Waals surface area contributed by atoms with E-state index in [-0.39, 0.29) is 36.4 Å². The molecule has 0 amide bonds. The summed E-state index contributed by atoms with van der Waals surface area (Å²) < 4.78 is 89.4. The number of hydrogen-bond acceptors (Lipinski definition) is 3. The van der Waals surface area contributed by atoms with E-state index in [1.165, 1.54) is 31.4 Å². The molecule has 1 fully saturated rings. The normalized spacial score (nSPS) is 17.9. The van der Waals surface area contributed by atoms with Crippen molar-refractivity contribution in [1.29, 1.82) is 0 Å². The number of phenols is 1. The second kappa shape index (κ2) is 14.3. The Kier molecular flexibility index (Phi) is 10.7. The molecular formula is C34H34F6O3. The number of carbonyl (C=O) groups is 1. The lowest BCUT2D eigenvalue weighted by Gasteiger charge is -2.28. The predicted molar refractivity (Wildman–Crippen MR) is 155 cm³/mol. The minimum Gasteiger partial charge on any atom is -0.507 e. The third-order valence-electron chi connectivity index (χ3n) is 8.17. The Morgan fingerprint density at radius 1 is 0.884 bits per heavy atom. The van der Waals surface area contributed by atoms with Crippen LogP contribution in [-0.2, 0) is 10.9 Å². The van der Waals surface area contributed by atoms with Crippen molar-refractivity contribution in [2.45, 2.75) is 57.0 Å². The fourth-order valence-electron chi connectivity index (χ4n) is 5.77. The molecule has 0 radical (unpaired) electrons. The zero-order valence-electron chi connectivity index (χ0n) is 23.8. The van der Waals surface area contributed by atoms with E-state index in [2.05, 4.69) is 0 Å². The molecule has 3 nitrogen and oxygen atoms in total. The zero-order chi connectivity index (χ0) is 31.1. The van der Waals surface area contributed by atoms with Gasteiger partial charge >= 0.3 is 6.18 Å². The number of carbonyl (C=O) groups excluding carboxylic acids is 1. The number of halogens is 6. The van der Waals surface area contributed by atoms with Gasteiger partial charge in [0.25, 0.3) is 0 Å². The maximum Gasteiger partial charge on any atom is 0.420 e. The van der Waals surface area contributed by atoms with E-state index < -0.39 is 46.1 Å². The lowest BCUT2D eigenvalue weighted by atomic mass is 9.77. The Hall–Kier alpha value is -3.59. The molecule has 0 spiro atoms. The van der Waals surface area contributed by atoms with Crippen molar-refractivity contribution in [3.63, 3.8) is 0 Å². The molecule has 43 heavy (non-hydrogen) atoms. The highest BCUT2D eigenvalue weighted by Gasteiger charge is 2.39. The van der Waals surface area contributed by atoms with Crippen LogP contribution < -0.4 is 0 Å². The van der Waals surface area contributed by atoms with Gasteiger partial charge in [-0.1, -0.05) is 54.6 Å². The van der Waals surface area contributed by atoms with Crippen LogP contribution in [0, 0.1) is 5.92 Å². The smallest absolute Gasteiger partial charge is 0.420 e. The molecule has 3 aromatic rings. The highest BCUT2D eigenvalue weighted by Crippen LogP contribution is 2.45. The highest BCUT2D eigenvalue weighted by molar-refractivity contribution is 6.00. The SMILES string of the molecule is COCCC(=O)c1ccc(-c2ccc(/C(F)=C(\F)c3ccc(C4CCC(CCCF)CC4)cc3)cc2)c(C(F)(F)F)c1O. The monoisotopic (exact) mass is 604 g/mol. The molecular weight excluding hydrogens is 570 g/mol. The molecule has 1 saturated carbocycles. The molecule has 0 heterocycles. The molecule has 0 aromatic heterocycles. The van der Waals surface area contributed by atoms with Gasteiger partial charge in [-0.15, -0.1) is 0 Å². The lowest BCUT2D eigenvalue weighted by molar-refractivity contribution is -0.138. The van der Waals surface area contributed by atoms with Crippen molar-refractivity contribution in [2.75, 3.05) is 20.4 Å². The van der Waals surface area contributed by atoms with Crippen molar-refractivity contribution < 1.29 is 41.0 Å². The van der Waals surface area contributed by atoms with Gasteiger partial charge in [-0.25, -0.2) is 8.78 Å². The topological polar surface area (TPSA) is 46.5 Å². The quantitative estimate of drug-likeness (QED) is 0.135. The average molecular weight is 605 g/mol. The predicted octanol–water partition coefficient (Wildman–Crippen LogP) is 10.1. The summed E-state index contributed by atoms with van der Waals surface area (Å²) in [5, 5.41) is 10.4. The molecule has 0 atom stereocenters. The van der Waals surface area contributed by atoms with Crippen LogP contribution in [0.3, 0.4) is 0 Å². The second-order valence-corrected chi connectivity index (χ2v) is 10.9. The average Bonchev–Trinajstić information content (AvgIpc) is 3.01. The molecule has 4 rings (SSSR count). The van der Waals surface area contributed by atoms with Crippen LogP contribution in [0.1, 0.15) is 83.5 Å². The summed E-state index contributed by atoms with van der Waals surface area (Å²) in [4.78, 5) is 12.3. The van der Waals surface area contributed by atoms with Gasteiger partial charge in [-0.05, 0) is 73.1 Å². The van der Waals surface area contributed by atoms with E-state index in [0.717, 1.165) is 61.9 Å². The van der Waals surface area contributed by atoms with Crippen molar-refractivity contribution in [2.24, 2.45) is 5.92 Å². The van der Waals surface area contributed by atoms with Crippen molar-refractivity contribution in [3.05, 3.63) is 88.5 Å². The van der Waals surface area contributed by atoms with Crippen LogP contribution in [0.4, 0.5) is 26.3 Å². The number of aromatic hydroxyl groups is 1. The molecule has 0 saturated heterocycles. The summed E-state index contributed by atoms with van der Waals surface area (Å²) in [5.74, 6) is -3.31. The third-order valence-corrected chi connectivity index (χ3v) is 8.17. The van der Waals surface area contributed by atoms with Gasteiger partial charge in [0.2, 0.25) is 0 Å². The van der Waals surface area contributed by atoms with Gasteiger partial charge < -0.3 is 9.84 Å². The largest absolute Gasteiger partial charge is 0.507 e. The summed E-state index contributed by atoms with van der Waals surface area (Å²) in [6.45, 7) is -0.315. The lowest BCUT2D eigenvalue weighted by Crippen LogP contribution is -2.13. The van der Waals surface area contributed by atoms with E-state index in [1.54, 1.807) is 12.1 Å². The molecule has 1 aliphatic rings. The standard InChI is InChI=1S/C34H34F6O3/c1-43-20-18-29(41)28-17-16-27(30(33(28)42)34(38,39)40)24-10-14-26(15-11-24)32(37)31(36)25-12-8-23(9-13-25)22-6-4-21(5-7-22)3-2-19-35/h8-17,21-22,42H,2-7,18-20H2,1H3/b32-31+. The number of hydrogen-bond donors (Lipinski definition) is 1. The molecule has 0 aliphatic heterocycles. The number of ketones is 1. The van der Waals surface area contributed by atoms with E-state index in [4.69, 9.17) is 4.74 Å². The molecule has 9 heteroatoms. The first-order valence-corrected chi connectivity index (χ1v) is 14.3. The van der Waals surface area contributed by atoms with Crippen molar-refractivity contribution >= 4 is 17.4 Å². The zero-order valence-corrected chi connectivity index (χ0v) is 23.8. The number of methoxy groups -OCH3 is 1. The molecule has 0 bridgehead atoms. The molecule has 230 valence electrons. The van der Waals surface area contributed by atoms with Gasteiger partial charge in [0.05, 0.1) is 18.8 Å². The van der Waals surface area contributed by atoms with Crippen LogP contribution in [0.5, 0.6) is 5.75 Å². The Morgan fingerprint density at radius 3 is 2.00 bits per heavy atom. The molecule has 0 unspecified atom stereocenters.